The van der Waals surface area contributed by atoms with Gasteiger partial charge in [-0.1, -0.05) is 85.4 Å². The average Bonchev–Trinajstić information content (AvgIpc) is 3.21. The minimum Gasteiger partial charge on any atom is -0.266 e. The number of rotatable bonds is 4. The molecule has 140 valence electrons. The Morgan fingerprint density at radius 1 is 0.964 bits per heavy atom. The predicted molar refractivity (Wildman–Crippen MR) is 117 cm³/mol. The van der Waals surface area contributed by atoms with Crippen LogP contribution in [0.3, 0.4) is 0 Å². The van der Waals surface area contributed by atoms with E-state index in [1.807, 2.05) is 42.5 Å². The van der Waals surface area contributed by atoms with Gasteiger partial charge in [-0.25, -0.2) is 0 Å². The lowest BCUT2D eigenvalue weighted by atomic mass is 10.0. The van der Waals surface area contributed by atoms with Crippen molar-refractivity contribution in [1.82, 2.24) is 14.6 Å². The maximum atomic E-state index is 12.6. The van der Waals surface area contributed by atoms with Crippen molar-refractivity contribution in [3.8, 4) is 0 Å². The maximum absolute atomic E-state index is 12.6. The van der Waals surface area contributed by atoms with Crippen molar-refractivity contribution in [2.24, 2.45) is 0 Å². The van der Waals surface area contributed by atoms with Crippen molar-refractivity contribution in [2.75, 3.05) is 0 Å². The molecule has 0 aliphatic heterocycles. The van der Waals surface area contributed by atoms with Gasteiger partial charge in [-0.2, -0.15) is 9.50 Å². The summed E-state index contributed by atoms with van der Waals surface area (Å²) < 4.78 is 2.02. The molecule has 4 aromatic rings. The topological polar surface area (TPSA) is 47.3 Å². The lowest BCUT2D eigenvalue weighted by Crippen LogP contribution is -2.23. The Morgan fingerprint density at radius 3 is 2.29 bits per heavy atom. The quantitative estimate of drug-likeness (QED) is 0.524. The number of hydrogen-bond donors (Lipinski definition) is 0. The Kier molecular flexibility index (Phi) is 4.92. The SMILES string of the molecule is Cc1ccc(C=Cc2nc3sc(=Cc4ccc(C(C)C)cc4)c(=O)n3n2)cc1. The van der Waals surface area contributed by atoms with Crippen LogP contribution in [-0.4, -0.2) is 14.6 Å². The molecule has 0 N–H and O–H groups in total. The van der Waals surface area contributed by atoms with Crippen molar-refractivity contribution < 1.29 is 0 Å². The van der Waals surface area contributed by atoms with Gasteiger partial charge in [0.2, 0.25) is 4.96 Å². The van der Waals surface area contributed by atoms with E-state index in [-0.39, 0.29) is 5.56 Å². The Balaban J connectivity index is 1.62. The first kappa shape index (κ1) is 18.3. The second-order valence-electron chi connectivity index (χ2n) is 7.15. The Hall–Kier alpha value is -3.05. The van der Waals surface area contributed by atoms with Gasteiger partial charge in [0.1, 0.15) is 0 Å². The zero-order chi connectivity index (χ0) is 19.7. The minimum absolute atomic E-state index is 0.129. The molecule has 0 unspecified atom stereocenters. The third-order valence-corrected chi connectivity index (χ3v) is 5.56. The number of hydrogen-bond acceptors (Lipinski definition) is 4. The normalized spacial score (nSPS) is 12.6. The van der Waals surface area contributed by atoms with Gasteiger partial charge in [-0.05, 0) is 41.7 Å². The predicted octanol–water partition coefficient (Wildman–Crippen LogP) is 4.30. The molecule has 0 fully saturated rings. The molecule has 0 atom stereocenters. The highest BCUT2D eigenvalue weighted by atomic mass is 32.1. The van der Waals surface area contributed by atoms with Gasteiger partial charge >= 0.3 is 0 Å². The average molecular weight is 388 g/mol. The summed E-state index contributed by atoms with van der Waals surface area (Å²) in [5.74, 6) is 1.03. The number of aromatic nitrogens is 3. The van der Waals surface area contributed by atoms with Crippen LogP contribution in [0.2, 0.25) is 0 Å². The van der Waals surface area contributed by atoms with E-state index in [0.717, 1.165) is 11.1 Å². The molecular formula is C23H21N3OS. The molecule has 5 heteroatoms. The van der Waals surface area contributed by atoms with Gasteiger partial charge in [0.25, 0.3) is 5.56 Å². The highest BCUT2D eigenvalue weighted by molar-refractivity contribution is 7.15. The fraction of sp³-hybridized carbons (Fsp3) is 0.174. The summed E-state index contributed by atoms with van der Waals surface area (Å²) >= 11 is 1.36. The van der Waals surface area contributed by atoms with Crippen LogP contribution in [0, 0.1) is 6.92 Å². The zero-order valence-electron chi connectivity index (χ0n) is 16.1. The third kappa shape index (κ3) is 3.80. The monoisotopic (exact) mass is 387 g/mol. The largest absolute Gasteiger partial charge is 0.291 e. The minimum atomic E-state index is -0.129. The molecule has 4 nitrogen and oxygen atoms in total. The summed E-state index contributed by atoms with van der Waals surface area (Å²) in [6.45, 7) is 6.39. The van der Waals surface area contributed by atoms with E-state index >= 15 is 0 Å². The molecule has 0 bridgehead atoms. The molecule has 0 saturated carbocycles. The van der Waals surface area contributed by atoms with Crippen molar-refractivity contribution in [1.29, 1.82) is 0 Å². The molecule has 0 aliphatic rings. The summed E-state index contributed by atoms with van der Waals surface area (Å²) in [5.41, 5.74) is 4.45. The smallest absolute Gasteiger partial charge is 0.266 e. The van der Waals surface area contributed by atoms with Gasteiger partial charge in [0, 0.05) is 0 Å². The van der Waals surface area contributed by atoms with Crippen molar-refractivity contribution in [3.05, 3.63) is 91.5 Å². The van der Waals surface area contributed by atoms with Gasteiger partial charge < -0.3 is 0 Å². The Bertz CT molecular complexity index is 1250. The first-order valence-corrected chi connectivity index (χ1v) is 10.1. The van der Waals surface area contributed by atoms with Gasteiger partial charge in [-0.15, -0.1) is 5.10 Å². The van der Waals surface area contributed by atoms with Crippen molar-refractivity contribution in [2.45, 2.75) is 26.7 Å². The molecule has 0 saturated heterocycles. The van der Waals surface area contributed by atoms with E-state index in [2.05, 4.69) is 55.1 Å². The van der Waals surface area contributed by atoms with Crippen LogP contribution in [0.5, 0.6) is 0 Å². The van der Waals surface area contributed by atoms with Crippen LogP contribution >= 0.6 is 11.3 Å². The molecule has 2 aromatic carbocycles. The molecule has 4 rings (SSSR count). The van der Waals surface area contributed by atoms with Crippen molar-refractivity contribution in [3.63, 3.8) is 0 Å². The van der Waals surface area contributed by atoms with Crippen LogP contribution in [0.15, 0.2) is 53.3 Å². The summed E-state index contributed by atoms with van der Waals surface area (Å²) in [7, 11) is 0. The molecule has 2 heterocycles. The number of benzene rings is 2. The molecule has 0 amide bonds. The highest BCUT2D eigenvalue weighted by Crippen LogP contribution is 2.15. The standard InChI is InChI=1S/C23H21N3OS/c1-15(2)19-11-8-18(9-12-19)14-20-22(27)26-23(28-20)24-21(25-26)13-10-17-6-4-16(3)5-7-17/h4-15H,1-3H3. The zero-order valence-corrected chi connectivity index (χ0v) is 16.9. The molecule has 0 aliphatic carbocycles. The fourth-order valence-electron chi connectivity index (χ4n) is 2.90. The Morgan fingerprint density at radius 2 is 1.64 bits per heavy atom. The van der Waals surface area contributed by atoms with E-state index in [1.54, 1.807) is 0 Å². The summed E-state index contributed by atoms with van der Waals surface area (Å²) in [5, 5.41) is 4.34. The number of fused-ring (bicyclic) bond motifs is 1. The second-order valence-corrected chi connectivity index (χ2v) is 8.15. The fourth-order valence-corrected chi connectivity index (χ4v) is 3.81. The van der Waals surface area contributed by atoms with Gasteiger partial charge in [-0.3, -0.25) is 4.79 Å². The Labute approximate surface area is 167 Å². The maximum Gasteiger partial charge on any atom is 0.291 e. The van der Waals surface area contributed by atoms with Crippen LogP contribution in [0.1, 0.15) is 47.8 Å². The lowest BCUT2D eigenvalue weighted by molar-refractivity contribution is 0.866. The van der Waals surface area contributed by atoms with E-state index in [4.69, 9.17) is 0 Å². The van der Waals surface area contributed by atoms with Crippen LogP contribution in [-0.2, 0) is 0 Å². The molecular weight excluding hydrogens is 366 g/mol. The second kappa shape index (κ2) is 7.52. The van der Waals surface area contributed by atoms with Crippen LogP contribution in [0.4, 0.5) is 0 Å². The van der Waals surface area contributed by atoms with Crippen molar-refractivity contribution >= 4 is 34.5 Å². The highest BCUT2D eigenvalue weighted by Gasteiger charge is 2.09. The van der Waals surface area contributed by atoms with Crippen LogP contribution in [0.25, 0.3) is 23.2 Å². The third-order valence-electron chi connectivity index (χ3n) is 4.60. The van der Waals surface area contributed by atoms with Crippen LogP contribution < -0.4 is 10.1 Å². The number of nitrogens with zero attached hydrogens (tertiary/aromatic N) is 3. The van der Waals surface area contributed by atoms with Gasteiger partial charge in [0.05, 0.1) is 4.53 Å². The van der Waals surface area contributed by atoms with E-state index in [9.17, 15) is 4.79 Å². The molecule has 0 radical (unpaired) electrons. The first-order valence-electron chi connectivity index (χ1n) is 9.25. The summed E-state index contributed by atoms with van der Waals surface area (Å²) in [6, 6.07) is 16.5. The van der Waals surface area contributed by atoms with E-state index in [1.165, 1.54) is 27.0 Å². The molecule has 2 aromatic heterocycles. The number of thiazole rings is 1. The van der Waals surface area contributed by atoms with E-state index < -0.39 is 0 Å². The first-order chi connectivity index (χ1) is 13.5. The lowest BCUT2D eigenvalue weighted by Gasteiger charge is -2.04. The molecule has 0 spiro atoms. The van der Waals surface area contributed by atoms with E-state index in [0.29, 0.717) is 21.2 Å². The summed E-state index contributed by atoms with van der Waals surface area (Å²) in [6.07, 6.45) is 5.68. The van der Waals surface area contributed by atoms with Gasteiger partial charge in [0.15, 0.2) is 5.82 Å². The summed E-state index contributed by atoms with van der Waals surface area (Å²) in [4.78, 5) is 17.7. The molecule has 28 heavy (non-hydrogen) atoms. The number of aryl methyl sites for hydroxylation is 1.